The summed E-state index contributed by atoms with van der Waals surface area (Å²) < 4.78 is 61.9. The predicted octanol–water partition coefficient (Wildman–Crippen LogP) is 2.87. The Morgan fingerprint density at radius 2 is 2.31 bits per heavy atom. The smallest absolute Gasteiger partial charge is 0.437 e. The van der Waals surface area contributed by atoms with Gasteiger partial charge < -0.3 is 4.74 Å². The number of halogens is 4. The maximum Gasteiger partial charge on any atom is 0.437 e. The number of ether oxygens (including phenoxy) is 1. The van der Waals surface area contributed by atoms with E-state index < -0.39 is 24.7 Å². The van der Waals surface area contributed by atoms with Crippen molar-refractivity contribution in [1.29, 1.82) is 0 Å². The molecule has 1 rings (SSSR count). The number of methoxy groups -OCH3 is 1. The van der Waals surface area contributed by atoms with Gasteiger partial charge in [-0.05, 0) is 22.0 Å². The fraction of sp³-hybridized carbons (Fsp3) is 0.286. The fourth-order valence-corrected chi connectivity index (χ4v) is 1.02. The molecule has 0 aromatic carbocycles. The molecule has 1 heterocycles. The zero-order valence-corrected chi connectivity index (χ0v) is 7.61. The summed E-state index contributed by atoms with van der Waals surface area (Å²) >= 11 is 2.88. The van der Waals surface area contributed by atoms with E-state index in [1.54, 1.807) is 0 Å². The van der Waals surface area contributed by atoms with Gasteiger partial charge in [0, 0.05) is 10.7 Å². The molecule has 0 bridgehead atoms. The Morgan fingerprint density at radius 3 is 2.85 bits per heavy atom. The van der Waals surface area contributed by atoms with Gasteiger partial charge in [-0.25, -0.2) is 4.98 Å². The topological polar surface area (TPSA) is 22.1 Å². The van der Waals surface area contributed by atoms with Crippen LogP contribution in [-0.4, -0.2) is 12.0 Å². The SMILES string of the molecule is [2H]C([2H])([2H])Oc1cc(Br)cnc1C(F)(F)F. The Kier molecular flexibility index (Phi) is 1.80. The molecular formula is C7H5BrF3NO. The minimum Gasteiger partial charge on any atom is -0.494 e. The van der Waals surface area contributed by atoms with Crippen LogP contribution in [0.4, 0.5) is 13.2 Å². The first kappa shape index (κ1) is 6.64. The first-order valence-corrected chi connectivity index (χ1v) is 3.81. The second-order valence-electron chi connectivity index (χ2n) is 2.10. The van der Waals surface area contributed by atoms with Crippen LogP contribution in [0.1, 0.15) is 9.81 Å². The van der Waals surface area contributed by atoms with Crippen molar-refractivity contribution < 1.29 is 22.0 Å². The van der Waals surface area contributed by atoms with Gasteiger partial charge in [-0.1, -0.05) is 0 Å². The molecule has 0 spiro atoms. The Morgan fingerprint density at radius 1 is 1.62 bits per heavy atom. The average molecular weight is 259 g/mol. The summed E-state index contributed by atoms with van der Waals surface area (Å²) in [5.41, 5.74) is -1.37. The normalized spacial score (nSPS) is 15.8. The van der Waals surface area contributed by atoms with E-state index in [0.29, 0.717) is 0 Å². The van der Waals surface area contributed by atoms with Crippen molar-refractivity contribution >= 4 is 15.9 Å². The van der Waals surface area contributed by atoms with Gasteiger partial charge in [0.05, 0.1) is 11.2 Å². The standard InChI is InChI=1S/C7H5BrF3NO/c1-13-5-2-4(8)3-12-6(5)7(9,10)11/h2-3H,1H3/i1D3. The second kappa shape index (κ2) is 3.53. The van der Waals surface area contributed by atoms with Crippen molar-refractivity contribution in [3.05, 3.63) is 22.4 Å². The summed E-state index contributed by atoms with van der Waals surface area (Å²) in [5, 5.41) is 0. The number of hydrogen-bond donors (Lipinski definition) is 0. The second-order valence-corrected chi connectivity index (χ2v) is 3.02. The van der Waals surface area contributed by atoms with Crippen molar-refractivity contribution in [1.82, 2.24) is 4.98 Å². The van der Waals surface area contributed by atoms with Gasteiger partial charge in [0.2, 0.25) is 0 Å². The highest BCUT2D eigenvalue weighted by Crippen LogP contribution is 2.35. The van der Waals surface area contributed by atoms with Crippen molar-refractivity contribution in [3.63, 3.8) is 0 Å². The minimum absolute atomic E-state index is 0.194. The van der Waals surface area contributed by atoms with E-state index in [-0.39, 0.29) is 4.47 Å². The number of hydrogen-bond acceptors (Lipinski definition) is 2. The van der Waals surface area contributed by atoms with E-state index in [0.717, 1.165) is 12.3 Å². The molecule has 0 unspecified atom stereocenters. The minimum atomic E-state index is -4.76. The Labute approximate surface area is 85.1 Å². The summed E-state index contributed by atoms with van der Waals surface area (Å²) in [6.45, 7) is 0. The molecule has 6 heteroatoms. The third kappa shape index (κ3) is 2.33. The predicted molar refractivity (Wildman–Crippen MR) is 43.5 cm³/mol. The van der Waals surface area contributed by atoms with Gasteiger partial charge in [-0.2, -0.15) is 13.2 Å². The molecule has 0 radical (unpaired) electrons. The molecule has 0 aliphatic heterocycles. The number of nitrogens with zero attached hydrogens (tertiary/aromatic N) is 1. The molecule has 0 saturated heterocycles. The Bertz CT molecular complexity index is 393. The van der Waals surface area contributed by atoms with Crippen LogP contribution in [0.25, 0.3) is 0 Å². The quantitative estimate of drug-likeness (QED) is 0.773. The third-order valence-electron chi connectivity index (χ3n) is 1.20. The molecule has 13 heavy (non-hydrogen) atoms. The van der Waals surface area contributed by atoms with Crippen LogP contribution >= 0.6 is 15.9 Å². The number of rotatable bonds is 1. The number of alkyl halides is 3. The van der Waals surface area contributed by atoms with Crippen molar-refractivity contribution in [3.8, 4) is 5.75 Å². The number of pyridine rings is 1. The fourth-order valence-electron chi connectivity index (χ4n) is 0.711. The van der Waals surface area contributed by atoms with Gasteiger partial charge in [0.1, 0.15) is 0 Å². The van der Waals surface area contributed by atoms with E-state index >= 15 is 0 Å². The molecule has 0 fully saturated rings. The van der Waals surface area contributed by atoms with Gasteiger partial charge in [0.15, 0.2) is 11.4 Å². The Balaban J connectivity index is 3.19. The van der Waals surface area contributed by atoms with Crippen molar-refractivity contribution in [2.75, 3.05) is 7.04 Å². The molecule has 0 aliphatic carbocycles. The van der Waals surface area contributed by atoms with Crippen molar-refractivity contribution in [2.24, 2.45) is 0 Å². The van der Waals surface area contributed by atoms with Crippen LogP contribution in [-0.2, 0) is 6.18 Å². The molecule has 0 aliphatic rings. The summed E-state index contributed by atoms with van der Waals surface area (Å²) in [4.78, 5) is 3.09. The van der Waals surface area contributed by atoms with E-state index in [4.69, 9.17) is 4.11 Å². The summed E-state index contributed by atoms with van der Waals surface area (Å²) in [6.07, 6.45) is -3.85. The largest absolute Gasteiger partial charge is 0.494 e. The maximum absolute atomic E-state index is 12.4. The lowest BCUT2D eigenvalue weighted by atomic mass is 10.3. The van der Waals surface area contributed by atoms with E-state index in [1.807, 2.05) is 0 Å². The monoisotopic (exact) mass is 258 g/mol. The third-order valence-corrected chi connectivity index (χ3v) is 1.63. The van der Waals surface area contributed by atoms with Crippen LogP contribution in [0.3, 0.4) is 0 Å². The molecular weight excluding hydrogens is 251 g/mol. The summed E-state index contributed by atoms with van der Waals surface area (Å²) in [5.74, 6) is -0.832. The summed E-state index contributed by atoms with van der Waals surface area (Å²) in [6, 6.07) is 0.905. The molecule has 0 saturated carbocycles. The van der Waals surface area contributed by atoms with Gasteiger partial charge >= 0.3 is 6.18 Å². The molecule has 0 atom stereocenters. The average Bonchev–Trinajstić information content (AvgIpc) is 1.97. The van der Waals surface area contributed by atoms with Crippen LogP contribution in [0, 0.1) is 0 Å². The maximum atomic E-state index is 12.4. The molecule has 0 N–H and O–H groups in total. The molecule has 72 valence electrons. The highest BCUT2D eigenvalue weighted by molar-refractivity contribution is 9.10. The van der Waals surface area contributed by atoms with E-state index in [1.165, 1.54) is 0 Å². The van der Waals surface area contributed by atoms with Crippen LogP contribution in [0.15, 0.2) is 16.7 Å². The lowest BCUT2D eigenvalue weighted by Crippen LogP contribution is -2.09. The molecule has 0 amide bonds. The first-order valence-electron chi connectivity index (χ1n) is 4.51. The van der Waals surface area contributed by atoms with Crippen LogP contribution in [0.2, 0.25) is 0 Å². The Hall–Kier alpha value is -0.780. The van der Waals surface area contributed by atoms with Crippen LogP contribution < -0.4 is 4.74 Å². The van der Waals surface area contributed by atoms with Crippen molar-refractivity contribution in [2.45, 2.75) is 6.18 Å². The molecule has 1 aromatic heterocycles. The highest BCUT2D eigenvalue weighted by Gasteiger charge is 2.36. The lowest BCUT2D eigenvalue weighted by molar-refractivity contribution is -0.142. The van der Waals surface area contributed by atoms with Crippen LogP contribution in [0.5, 0.6) is 5.75 Å². The van der Waals surface area contributed by atoms with E-state index in [9.17, 15) is 13.2 Å². The molecule has 1 aromatic rings. The lowest BCUT2D eigenvalue weighted by Gasteiger charge is -2.10. The van der Waals surface area contributed by atoms with Gasteiger partial charge in [-0.3, -0.25) is 0 Å². The first-order chi connectivity index (χ1) is 7.09. The van der Waals surface area contributed by atoms with Gasteiger partial charge in [0.25, 0.3) is 0 Å². The number of aromatic nitrogens is 1. The zero-order chi connectivity index (χ0) is 12.6. The van der Waals surface area contributed by atoms with E-state index in [2.05, 4.69) is 25.7 Å². The summed E-state index contributed by atoms with van der Waals surface area (Å²) in [7, 11) is -2.96. The molecule has 2 nitrogen and oxygen atoms in total. The zero-order valence-electron chi connectivity index (χ0n) is 9.02. The highest BCUT2D eigenvalue weighted by atomic mass is 79.9. The van der Waals surface area contributed by atoms with Gasteiger partial charge in [-0.15, -0.1) is 0 Å².